The molecule has 0 saturated carbocycles. The van der Waals surface area contributed by atoms with Crippen molar-refractivity contribution in [3.63, 3.8) is 0 Å². The van der Waals surface area contributed by atoms with Crippen LogP contribution in [-0.4, -0.2) is 47.8 Å². The van der Waals surface area contributed by atoms with Gasteiger partial charge in [-0.15, -0.1) is 5.10 Å². The number of ether oxygens (including phenoxy) is 1. The summed E-state index contributed by atoms with van der Waals surface area (Å²) in [6.07, 6.45) is 0.658. The Hall–Kier alpha value is -3.88. The summed E-state index contributed by atoms with van der Waals surface area (Å²) in [6, 6.07) is 14.3. The number of hydrogen-bond acceptors (Lipinski definition) is 8. The molecular weight excluding hydrogens is 398 g/mol. The van der Waals surface area contributed by atoms with E-state index in [4.69, 9.17) is 9.73 Å². The van der Waals surface area contributed by atoms with Crippen LogP contribution in [0.2, 0.25) is 0 Å². The van der Waals surface area contributed by atoms with Crippen LogP contribution >= 0.6 is 0 Å². The molecule has 0 aromatic heterocycles. The van der Waals surface area contributed by atoms with Crippen molar-refractivity contribution >= 4 is 34.6 Å². The molecule has 31 heavy (non-hydrogen) atoms. The number of non-ortho nitro benzene ring substituents is 1. The van der Waals surface area contributed by atoms with E-state index in [1.54, 1.807) is 19.1 Å². The summed E-state index contributed by atoms with van der Waals surface area (Å²) in [4.78, 5) is 29.4. The lowest BCUT2D eigenvalue weighted by atomic mass is 9.99. The van der Waals surface area contributed by atoms with E-state index < -0.39 is 4.92 Å². The van der Waals surface area contributed by atoms with Gasteiger partial charge in [0.05, 0.1) is 48.2 Å². The van der Waals surface area contributed by atoms with Crippen LogP contribution in [-0.2, 0) is 9.53 Å². The van der Waals surface area contributed by atoms with Gasteiger partial charge in [0, 0.05) is 23.3 Å². The number of anilines is 1. The highest BCUT2D eigenvalue weighted by Gasteiger charge is 2.29. The van der Waals surface area contributed by atoms with Crippen LogP contribution < -0.4 is 4.90 Å². The van der Waals surface area contributed by atoms with Crippen LogP contribution in [0.4, 0.5) is 11.4 Å². The number of hydrogen-bond donors (Lipinski definition) is 0. The largest absolute Gasteiger partial charge is 0.466 e. The number of nitro benzene ring substituents is 1. The molecule has 9 nitrogen and oxygen atoms in total. The van der Waals surface area contributed by atoms with Crippen molar-refractivity contribution in [2.45, 2.75) is 19.8 Å². The predicted molar refractivity (Wildman–Crippen MR) is 118 cm³/mol. The molecule has 0 bridgehead atoms. The normalized spacial score (nSPS) is 15.0. The molecule has 0 atom stereocenters. The fraction of sp³-hybridized carbons (Fsp3) is 0.273. The number of benzene rings is 2. The molecule has 0 radical (unpaired) electrons. The van der Waals surface area contributed by atoms with E-state index >= 15 is 0 Å². The lowest BCUT2D eigenvalue weighted by Crippen LogP contribution is -2.39. The van der Waals surface area contributed by atoms with Crippen molar-refractivity contribution in [2.75, 3.05) is 24.6 Å². The number of esters is 1. The van der Waals surface area contributed by atoms with Crippen LogP contribution in [0.5, 0.6) is 0 Å². The van der Waals surface area contributed by atoms with Crippen LogP contribution in [0.25, 0.3) is 0 Å². The first-order valence-electron chi connectivity index (χ1n) is 10.0. The molecule has 4 rings (SSSR count). The molecule has 0 spiro atoms. The number of carbonyl (C=O) groups excluding carboxylic acids is 1. The summed E-state index contributed by atoms with van der Waals surface area (Å²) in [6.45, 7) is 2.83. The van der Waals surface area contributed by atoms with Crippen LogP contribution in [0, 0.1) is 10.1 Å². The molecule has 158 valence electrons. The van der Waals surface area contributed by atoms with Crippen molar-refractivity contribution < 1.29 is 14.5 Å². The molecule has 0 N–H and O–H groups in total. The summed E-state index contributed by atoms with van der Waals surface area (Å²) >= 11 is 0. The van der Waals surface area contributed by atoms with Crippen molar-refractivity contribution in [3.05, 3.63) is 69.8 Å². The minimum Gasteiger partial charge on any atom is -0.466 e. The van der Waals surface area contributed by atoms with Gasteiger partial charge in [-0.3, -0.25) is 19.9 Å². The summed E-state index contributed by atoms with van der Waals surface area (Å²) in [7, 11) is 0. The highest BCUT2D eigenvalue weighted by atomic mass is 16.6. The Morgan fingerprint density at radius 1 is 1.19 bits per heavy atom. The molecule has 2 aromatic carbocycles. The molecule has 0 amide bonds. The molecule has 2 aromatic rings. The minimum absolute atomic E-state index is 0.00372. The summed E-state index contributed by atoms with van der Waals surface area (Å²) < 4.78 is 4.99. The fourth-order valence-corrected chi connectivity index (χ4v) is 3.58. The molecule has 9 heteroatoms. The van der Waals surface area contributed by atoms with Crippen molar-refractivity contribution in [1.29, 1.82) is 0 Å². The SMILES string of the molecule is CCOC(=O)CCC1=NN=C2CN=C(c3ccccc3)c3cc([N+](=O)[O-])ccc3N2C1. The fourth-order valence-electron chi connectivity index (χ4n) is 3.58. The van der Waals surface area contributed by atoms with Gasteiger partial charge in [0.2, 0.25) is 0 Å². The molecule has 0 fully saturated rings. The zero-order valence-corrected chi connectivity index (χ0v) is 17.0. The number of fused-ring (bicyclic) bond motifs is 3. The van der Waals surface area contributed by atoms with E-state index in [2.05, 4.69) is 10.2 Å². The number of nitrogens with zero attached hydrogens (tertiary/aromatic N) is 5. The van der Waals surface area contributed by atoms with Crippen LogP contribution in [0.15, 0.2) is 63.7 Å². The van der Waals surface area contributed by atoms with Gasteiger partial charge in [0.15, 0.2) is 5.84 Å². The average Bonchev–Trinajstić information content (AvgIpc) is 2.94. The van der Waals surface area contributed by atoms with Gasteiger partial charge in [-0.1, -0.05) is 30.3 Å². The van der Waals surface area contributed by atoms with Gasteiger partial charge < -0.3 is 9.64 Å². The van der Waals surface area contributed by atoms with Gasteiger partial charge in [0.25, 0.3) is 5.69 Å². The van der Waals surface area contributed by atoms with E-state index in [1.807, 2.05) is 35.2 Å². The number of aliphatic imine (C=N–C) groups is 1. The highest BCUT2D eigenvalue weighted by Crippen LogP contribution is 2.31. The summed E-state index contributed by atoms with van der Waals surface area (Å²) in [5.74, 6) is 0.377. The standard InChI is InChI=1S/C22H21N5O4/c1-2-31-21(28)11-8-16-14-26-19-10-9-17(27(29)30)12-18(19)22(15-6-4-3-5-7-15)23-13-20(26)25-24-16/h3-7,9-10,12H,2,8,11,13-14H2,1H3. The second-order valence-corrected chi connectivity index (χ2v) is 7.06. The van der Waals surface area contributed by atoms with Crippen molar-refractivity contribution in [2.24, 2.45) is 15.2 Å². The lowest BCUT2D eigenvalue weighted by molar-refractivity contribution is -0.384. The van der Waals surface area contributed by atoms with Gasteiger partial charge in [-0.05, 0) is 19.4 Å². The monoisotopic (exact) mass is 419 g/mol. The molecular formula is C22H21N5O4. The Kier molecular flexibility index (Phi) is 5.83. The van der Waals surface area contributed by atoms with E-state index in [1.165, 1.54) is 6.07 Å². The molecule has 0 unspecified atom stereocenters. The third-order valence-corrected chi connectivity index (χ3v) is 5.04. The van der Waals surface area contributed by atoms with Gasteiger partial charge in [0.1, 0.15) is 0 Å². The number of rotatable bonds is 6. The first-order valence-corrected chi connectivity index (χ1v) is 10.0. The van der Waals surface area contributed by atoms with Gasteiger partial charge >= 0.3 is 5.97 Å². The number of nitro groups is 1. The topological polar surface area (TPSA) is 110 Å². The Balaban J connectivity index is 1.71. The molecule has 2 heterocycles. The van der Waals surface area contributed by atoms with Crippen molar-refractivity contribution in [3.8, 4) is 0 Å². The highest BCUT2D eigenvalue weighted by molar-refractivity contribution is 6.21. The quantitative estimate of drug-likeness (QED) is 0.405. The first-order chi connectivity index (χ1) is 15.1. The second kappa shape index (κ2) is 8.86. The predicted octanol–water partition coefficient (Wildman–Crippen LogP) is 3.36. The Labute approximate surface area is 178 Å². The molecule has 0 aliphatic carbocycles. The maximum Gasteiger partial charge on any atom is 0.306 e. The van der Waals surface area contributed by atoms with E-state index in [-0.39, 0.29) is 18.1 Å². The van der Waals surface area contributed by atoms with E-state index in [9.17, 15) is 14.9 Å². The average molecular weight is 419 g/mol. The van der Waals surface area contributed by atoms with Crippen molar-refractivity contribution in [1.82, 2.24) is 0 Å². The second-order valence-electron chi connectivity index (χ2n) is 7.06. The molecule has 2 aliphatic rings. The third kappa shape index (κ3) is 4.35. The third-order valence-electron chi connectivity index (χ3n) is 5.04. The number of carbonyl (C=O) groups is 1. The summed E-state index contributed by atoms with van der Waals surface area (Å²) in [5, 5.41) is 20.0. The zero-order chi connectivity index (χ0) is 21.8. The Morgan fingerprint density at radius 2 is 2.00 bits per heavy atom. The Morgan fingerprint density at radius 3 is 2.74 bits per heavy atom. The minimum atomic E-state index is -0.411. The lowest BCUT2D eigenvalue weighted by Gasteiger charge is -2.28. The molecule has 0 saturated heterocycles. The zero-order valence-electron chi connectivity index (χ0n) is 17.0. The molecule has 2 aliphatic heterocycles. The maximum absolute atomic E-state index is 11.7. The van der Waals surface area contributed by atoms with E-state index in [0.29, 0.717) is 43.2 Å². The van der Waals surface area contributed by atoms with E-state index in [0.717, 1.165) is 17.0 Å². The number of amidine groups is 1. The van der Waals surface area contributed by atoms with Crippen LogP contribution in [0.3, 0.4) is 0 Å². The van der Waals surface area contributed by atoms with Gasteiger partial charge in [-0.25, -0.2) is 0 Å². The van der Waals surface area contributed by atoms with Crippen LogP contribution in [0.1, 0.15) is 30.9 Å². The summed E-state index contributed by atoms with van der Waals surface area (Å²) in [5.41, 5.74) is 3.71. The smallest absolute Gasteiger partial charge is 0.306 e. The maximum atomic E-state index is 11.7. The first kappa shape index (κ1) is 20.4. The Bertz CT molecular complexity index is 1110. The van der Waals surface area contributed by atoms with Gasteiger partial charge in [-0.2, -0.15) is 5.10 Å².